The van der Waals surface area contributed by atoms with E-state index in [-0.39, 0.29) is 5.92 Å². The van der Waals surface area contributed by atoms with E-state index in [4.69, 9.17) is 0 Å². The van der Waals surface area contributed by atoms with E-state index in [1.807, 2.05) is 13.1 Å². The monoisotopic (exact) mass is 349 g/mol. The third kappa shape index (κ3) is 3.50. The third-order valence-corrected chi connectivity index (χ3v) is 5.60. The second-order valence-corrected chi connectivity index (χ2v) is 7.51. The minimum absolute atomic E-state index is 0.215. The number of carbonyl (C=O) groups is 1. The van der Waals surface area contributed by atoms with Crippen LogP contribution in [0.2, 0.25) is 0 Å². The Hall–Kier alpha value is -0.830. The van der Waals surface area contributed by atoms with E-state index >= 15 is 0 Å². The average molecular weight is 350 g/mol. The Kier molecular flexibility index (Phi) is 4.68. The minimum atomic E-state index is 0.215. The highest BCUT2D eigenvalue weighted by atomic mass is 79.9. The topological polar surface area (TPSA) is 20.3 Å². The van der Waals surface area contributed by atoms with Gasteiger partial charge in [0, 0.05) is 23.5 Å². The number of carbonyl (C=O) groups excluding carboxylic acids is 1. The molecule has 0 heterocycles. The Morgan fingerprint density at radius 1 is 1.19 bits per heavy atom. The molecule has 0 N–H and O–H groups in total. The highest BCUT2D eigenvalue weighted by Crippen LogP contribution is 2.49. The summed E-state index contributed by atoms with van der Waals surface area (Å²) in [5.41, 5.74) is 1.30. The first-order chi connectivity index (χ1) is 10.2. The van der Waals surface area contributed by atoms with E-state index in [2.05, 4.69) is 39.0 Å². The number of nitrogens with zero attached hydrogens (tertiary/aromatic N) is 1. The Labute approximate surface area is 136 Å². The van der Waals surface area contributed by atoms with Crippen molar-refractivity contribution < 1.29 is 4.79 Å². The summed E-state index contributed by atoms with van der Waals surface area (Å²) >= 11 is 3.52. The number of hydrogen-bond acceptors (Lipinski definition) is 1. The highest BCUT2D eigenvalue weighted by molar-refractivity contribution is 9.10. The number of rotatable bonds is 3. The summed E-state index contributed by atoms with van der Waals surface area (Å²) in [6.45, 7) is 0. The molecule has 2 unspecified atom stereocenters. The van der Waals surface area contributed by atoms with Gasteiger partial charge in [-0.15, -0.1) is 0 Å². The fraction of sp³-hybridized carbons (Fsp3) is 0.611. The number of benzene rings is 1. The summed E-state index contributed by atoms with van der Waals surface area (Å²) in [7, 11) is 2.02. The number of amides is 1. The van der Waals surface area contributed by atoms with Crippen molar-refractivity contribution in [2.45, 2.75) is 56.9 Å². The van der Waals surface area contributed by atoms with Crippen LogP contribution in [0.4, 0.5) is 0 Å². The lowest BCUT2D eigenvalue weighted by Crippen LogP contribution is -2.38. The Morgan fingerprint density at radius 3 is 2.57 bits per heavy atom. The maximum Gasteiger partial charge on any atom is 0.226 e. The molecule has 0 spiro atoms. The molecule has 1 aromatic carbocycles. The molecule has 3 heteroatoms. The Morgan fingerprint density at radius 2 is 1.90 bits per heavy atom. The fourth-order valence-corrected chi connectivity index (χ4v) is 4.08. The molecule has 2 aliphatic carbocycles. The zero-order chi connectivity index (χ0) is 14.8. The van der Waals surface area contributed by atoms with Crippen molar-refractivity contribution in [1.82, 2.24) is 4.90 Å². The van der Waals surface area contributed by atoms with Crippen LogP contribution in [0.1, 0.15) is 56.4 Å². The van der Waals surface area contributed by atoms with Gasteiger partial charge in [-0.1, -0.05) is 53.7 Å². The highest BCUT2D eigenvalue weighted by Gasteiger charge is 2.46. The van der Waals surface area contributed by atoms with Gasteiger partial charge in [-0.05, 0) is 42.9 Å². The molecule has 0 bridgehead atoms. The van der Waals surface area contributed by atoms with Gasteiger partial charge in [0.25, 0.3) is 0 Å². The van der Waals surface area contributed by atoms with E-state index < -0.39 is 0 Å². The molecule has 1 aromatic rings. The summed E-state index contributed by atoms with van der Waals surface area (Å²) < 4.78 is 1.11. The lowest BCUT2D eigenvalue weighted by Gasteiger charge is -2.27. The Balaban J connectivity index is 1.61. The van der Waals surface area contributed by atoms with Crippen LogP contribution in [-0.4, -0.2) is 23.9 Å². The number of hydrogen-bond donors (Lipinski definition) is 0. The molecule has 0 saturated heterocycles. The summed E-state index contributed by atoms with van der Waals surface area (Å²) in [5, 5.41) is 0. The molecule has 2 atom stereocenters. The Bertz CT molecular complexity index is 508. The van der Waals surface area contributed by atoms with Crippen molar-refractivity contribution in [2.75, 3.05) is 7.05 Å². The molecule has 114 valence electrons. The van der Waals surface area contributed by atoms with E-state index in [1.54, 1.807) is 0 Å². The van der Waals surface area contributed by atoms with E-state index in [1.165, 1.54) is 44.1 Å². The van der Waals surface area contributed by atoms with Crippen LogP contribution in [0.25, 0.3) is 0 Å². The zero-order valence-corrected chi connectivity index (χ0v) is 14.3. The van der Waals surface area contributed by atoms with Crippen molar-refractivity contribution in [3.05, 3.63) is 34.3 Å². The van der Waals surface area contributed by atoms with Gasteiger partial charge in [-0.25, -0.2) is 0 Å². The molecule has 2 nitrogen and oxygen atoms in total. The van der Waals surface area contributed by atoms with Gasteiger partial charge >= 0.3 is 0 Å². The summed E-state index contributed by atoms with van der Waals surface area (Å²) in [6, 6.07) is 8.89. The zero-order valence-electron chi connectivity index (χ0n) is 12.7. The van der Waals surface area contributed by atoms with Crippen molar-refractivity contribution >= 4 is 21.8 Å². The van der Waals surface area contributed by atoms with Gasteiger partial charge in [0.1, 0.15) is 0 Å². The molecule has 2 saturated carbocycles. The summed E-state index contributed by atoms with van der Waals surface area (Å²) in [5.74, 6) is 1.02. The predicted molar refractivity (Wildman–Crippen MR) is 89.3 cm³/mol. The van der Waals surface area contributed by atoms with Crippen molar-refractivity contribution in [3.8, 4) is 0 Å². The first-order valence-electron chi connectivity index (χ1n) is 8.19. The molecule has 2 aliphatic rings. The van der Waals surface area contributed by atoms with Crippen LogP contribution in [0.15, 0.2) is 28.7 Å². The lowest BCUT2D eigenvalue weighted by atomic mass is 10.1. The average Bonchev–Trinajstić information content (AvgIpc) is 3.29. The van der Waals surface area contributed by atoms with Crippen molar-refractivity contribution in [1.29, 1.82) is 0 Å². The standard InChI is InChI=1S/C18H24BrNO/c1-20(15-9-4-2-3-5-10-15)18(21)17-12-16(17)13-7-6-8-14(19)11-13/h6-8,11,15-17H,2-5,9-10,12H2,1H3. The van der Waals surface area contributed by atoms with Crippen LogP contribution >= 0.6 is 15.9 Å². The maximum absolute atomic E-state index is 12.7. The lowest BCUT2D eigenvalue weighted by molar-refractivity contribution is -0.133. The van der Waals surface area contributed by atoms with E-state index in [0.29, 0.717) is 17.9 Å². The van der Waals surface area contributed by atoms with Crippen LogP contribution in [0.5, 0.6) is 0 Å². The van der Waals surface area contributed by atoms with Crippen LogP contribution in [0.3, 0.4) is 0 Å². The molecule has 2 fully saturated rings. The van der Waals surface area contributed by atoms with Crippen molar-refractivity contribution in [2.24, 2.45) is 5.92 Å². The predicted octanol–water partition coefficient (Wildman–Crippen LogP) is 4.73. The molecule has 0 aromatic heterocycles. The van der Waals surface area contributed by atoms with Crippen molar-refractivity contribution in [3.63, 3.8) is 0 Å². The molecule has 0 aliphatic heterocycles. The quantitative estimate of drug-likeness (QED) is 0.722. The number of halogens is 1. The summed E-state index contributed by atoms with van der Waals surface area (Å²) in [6.07, 6.45) is 8.63. The molecular weight excluding hydrogens is 326 g/mol. The van der Waals surface area contributed by atoms with Crippen LogP contribution in [0, 0.1) is 5.92 Å². The van der Waals surface area contributed by atoms with E-state index in [0.717, 1.165) is 10.9 Å². The van der Waals surface area contributed by atoms with Gasteiger partial charge in [0.05, 0.1) is 0 Å². The third-order valence-electron chi connectivity index (χ3n) is 5.10. The SMILES string of the molecule is CN(C(=O)C1CC1c1cccc(Br)c1)C1CCCCCC1. The first kappa shape index (κ1) is 15.1. The van der Waals surface area contributed by atoms with Gasteiger partial charge in [0.15, 0.2) is 0 Å². The smallest absolute Gasteiger partial charge is 0.226 e. The molecule has 21 heavy (non-hydrogen) atoms. The largest absolute Gasteiger partial charge is 0.343 e. The van der Waals surface area contributed by atoms with Gasteiger partial charge in [-0.2, -0.15) is 0 Å². The van der Waals surface area contributed by atoms with Gasteiger partial charge in [0.2, 0.25) is 5.91 Å². The van der Waals surface area contributed by atoms with Crippen LogP contribution in [-0.2, 0) is 4.79 Å². The summed E-state index contributed by atoms with van der Waals surface area (Å²) in [4.78, 5) is 14.8. The van der Waals surface area contributed by atoms with E-state index in [9.17, 15) is 4.79 Å². The maximum atomic E-state index is 12.7. The van der Waals surface area contributed by atoms with Gasteiger partial charge < -0.3 is 4.90 Å². The second kappa shape index (κ2) is 6.51. The minimum Gasteiger partial charge on any atom is -0.343 e. The van der Waals surface area contributed by atoms with Crippen LogP contribution < -0.4 is 0 Å². The molecular formula is C18H24BrNO. The fourth-order valence-electron chi connectivity index (χ4n) is 3.66. The first-order valence-corrected chi connectivity index (χ1v) is 8.98. The molecule has 3 rings (SSSR count). The van der Waals surface area contributed by atoms with Gasteiger partial charge in [-0.3, -0.25) is 4.79 Å². The molecule has 0 radical (unpaired) electrons. The normalized spacial score (nSPS) is 26.2. The molecule has 1 amide bonds. The second-order valence-electron chi connectivity index (χ2n) is 6.60.